The van der Waals surface area contributed by atoms with Gasteiger partial charge in [-0.3, -0.25) is 9.59 Å². The average molecular weight is 434 g/mol. The van der Waals surface area contributed by atoms with Crippen LogP contribution in [0.25, 0.3) is 11.1 Å². The number of aliphatic carboxylic acids is 1. The van der Waals surface area contributed by atoms with Crippen LogP contribution < -0.4 is 10.6 Å². The topological polar surface area (TPSA) is 105 Å². The number of carboxylic acid groups (broad SMARTS) is 1. The van der Waals surface area contributed by atoms with Crippen LogP contribution in [0.5, 0.6) is 0 Å². The first-order chi connectivity index (χ1) is 15.5. The van der Waals surface area contributed by atoms with E-state index in [1.807, 2.05) is 24.3 Å². The van der Waals surface area contributed by atoms with Crippen LogP contribution in [0.3, 0.4) is 0 Å². The Bertz CT molecular complexity index is 1030. The monoisotopic (exact) mass is 434 g/mol. The van der Waals surface area contributed by atoms with E-state index in [0.29, 0.717) is 25.8 Å². The normalized spacial score (nSPS) is 21.8. The van der Waals surface area contributed by atoms with E-state index in [9.17, 15) is 14.4 Å². The maximum absolute atomic E-state index is 12.5. The molecule has 0 bridgehead atoms. The molecule has 7 nitrogen and oxygen atoms in total. The molecular weight excluding hydrogens is 408 g/mol. The number of carboxylic acids is 1. The smallest absolute Gasteiger partial charge is 0.407 e. The van der Waals surface area contributed by atoms with Gasteiger partial charge in [-0.25, -0.2) is 4.79 Å². The largest absolute Gasteiger partial charge is 0.481 e. The van der Waals surface area contributed by atoms with Crippen molar-refractivity contribution in [2.24, 2.45) is 17.3 Å². The highest BCUT2D eigenvalue weighted by atomic mass is 16.5. The quantitative estimate of drug-likeness (QED) is 0.592. The molecule has 2 aromatic rings. The number of fused-ring (bicyclic) bond motifs is 3. The van der Waals surface area contributed by atoms with Gasteiger partial charge in [0.2, 0.25) is 5.91 Å². The molecular formula is C25H26N2O5. The molecule has 0 heterocycles. The summed E-state index contributed by atoms with van der Waals surface area (Å²) in [6.45, 7) is 0.836. The maximum Gasteiger partial charge on any atom is 0.407 e. The Kier molecular flexibility index (Phi) is 5.12. The fraction of sp³-hybridized carbons (Fsp3) is 0.400. The molecule has 7 heteroatoms. The van der Waals surface area contributed by atoms with E-state index < -0.39 is 17.5 Å². The first-order valence-electron chi connectivity index (χ1n) is 11.1. The Balaban J connectivity index is 1.12. The third kappa shape index (κ3) is 3.83. The molecule has 0 aliphatic heterocycles. The van der Waals surface area contributed by atoms with Crippen LogP contribution in [-0.2, 0) is 14.3 Å². The summed E-state index contributed by atoms with van der Waals surface area (Å²) in [5.41, 5.74) is 4.05. The number of carbonyl (C=O) groups is 3. The molecule has 0 spiro atoms. The second-order valence-electron chi connectivity index (χ2n) is 9.11. The number of hydrogen-bond acceptors (Lipinski definition) is 4. The Morgan fingerprint density at radius 3 is 2.16 bits per heavy atom. The number of amides is 2. The van der Waals surface area contributed by atoms with Crippen LogP contribution >= 0.6 is 0 Å². The van der Waals surface area contributed by atoms with E-state index in [1.165, 1.54) is 11.1 Å². The molecule has 0 aromatic heterocycles. The van der Waals surface area contributed by atoms with E-state index >= 15 is 0 Å². The fourth-order valence-electron chi connectivity index (χ4n) is 4.71. The van der Waals surface area contributed by atoms with Crippen molar-refractivity contribution in [3.05, 3.63) is 59.7 Å². The summed E-state index contributed by atoms with van der Waals surface area (Å²) in [6, 6.07) is 16.3. The van der Waals surface area contributed by atoms with Gasteiger partial charge in [-0.15, -0.1) is 0 Å². The van der Waals surface area contributed by atoms with Crippen molar-refractivity contribution in [2.45, 2.75) is 25.2 Å². The van der Waals surface area contributed by atoms with Crippen LogP contribution in [0.4, 0.5) is 4.79 Å². The highest BCUT2D eigenvalue weighted by Gasteiger charge is 2.51. The average Bonchev–Trinajstić information content (AvgIpc) is 3.72. The molecule has 2 amide bonds. The van der Waals surface area contributed by atoms with Crippen molar-refractivity contribution in [3.8, 4) is 11.1 Å². The third-order valence-corrected chi connectivity index (χ3v) is 7.01. The number of nitrogens with one attached hydrogen (secondary N) is 2. The Labute approximate surface area is 186 Å². The molecule has 3 N–H and O–H groups in total. The van der Waals surface area contributed by atoms with Gasteiger partial charge in [0, 0.05) is 19.0 Å². The molecule has 2 unspecified atom stereocenters. The highest BCUT2D eigenvalue weighted by molar-refractivity contribution is 5.86. The second kappa shape index (κ2) is 7.97. The summed E-state index contributed by atoms with van der Waals surface area (Å²) in [5.74, 6) is -1.26. The van der Waals surface area contributed by atoms with Gasteiger partial charge in [-0.05, 0) is 47.4 Å². The molecule has 2 saturated carbocycles. The van der Waals surface area contributed by atoms with Crippen molar-refractivity contribution in [1.29, 1.82) is 0 Å². The lowest BCUT2D eigenvalue weighted by atomic mass is 9.98. The lowest BCUT2D eigenvalue weighted by Crippen LogP contribution is -2.41. The zero-order valence-corrected chi connectivity index (χ0v) is 17.7. The van der Waals surface area contributed by atoms with E-state index in [4.69, 9.17) is 9.84 Å². The molecule has 0 saturated heterocycles. The molecule has 3 aliphatic rings. The maximum atomic E-state index is 12.5. The van der Waals surface area contributed by atoms with Gasteiger partial charge in [-0.1, -0.05) is 48.5 Å². The first-order valence-corrected chi connectivity index (χ1v) is 11.1. The van der Waals surface area contributed by atoms with Crippen LogP contribution in [0.1, 0.15) is 36.3 Å². The minimum absolute atomic E-state index is 0.00735. The van der Waals surface area contributed by atoms with Gasteiger partial charge in [0.1, 0.15) is 6.61 Å². The number of rotatable bonds is 8. The molecule has 5 rings (SSSR count). The van der Waals surface area contributed by atoms with Gasteiger partial charge in [0.25, 0.3) is 0 Å². The third-order valence-electron chi connectivity index (χ3n) is 7.01. The highest BCUT2D eigenvalue weighted by Crippen LogP contribution is 2.46. The van der Waals surface area contributed by atoms with Gasteiger partial charge < -0.3 is 20.5 Å². The van der Waals surface area contributed by atoms with Crippen LogP contribution in [0, 0.1) is 17.3 Å². The van der Waals surface area contributed by atoms with E-state index in [0.717, 1.165) is 11.1 Å². The molecule has 2 fully saturated rings. The standard InChI is InChI=1S/C25H26N2O5/c28-22(29)20-11-15(20)12-26-23(30)25(9-10-25)14-27-24(31)32-13-21-18-7-3-1-5-16(18)17-6-2-4-8-19(17)21/h1-8,15,20-21H,9-14H2,(H,26,30)(H,27,31)(H,28,29). The minimum Gasteiger partial charge on any atom is -0.481 e. The Morgan fingerprint density at radius 2 is 1.59 bits per heavy atom. The summed E-state index contributed by atoms with van der Waals surface area (Å²) in [7, 11) is 0. The molecule has 2 aromatic carbocycles. The number of alkyl carbamates (subject to hydrolysis) is 1. The summed E-state index contributed by atoms with van der Waals surface area (Å²) in [5, 5.41) is 14.6. The fourth-order valence-corrected chi connectivity index (χ4v) is 4.71. The Hall–Kier alpha value is -3.35. The van der Waals surface area contributed by atoms with Crippen LogP contribution in [0.15, 0.2) is 48.5 Å². The number of benzene rings is 2. The van der Waals surface area contributed by atoms with Crippen LogP contribution in [-0.4, -0.2) is 42.8 Å². The Morgan fingerprint density at radius 1 is 0.969 bits per heavy atom. The van der Waals surface area contributed by atoms with E-state index in [-0.39, 0.29) is 36.8 Å². The first kappa shape index (κ1) is 20.5. The zero-order valence-electron chi connectivity index (χ0n) is 17.7. The number of hydrogen-bond donors (Lipinski definition) is 3. The van der Waals surface area contributed by atoms with Gasteiger partial charge in [0.05, 0.1) is 11.3 Å². The van der Waals surface area contributed by atoms with Crippen molar-refractivity contribution in [2.75, 3.05) is 19.7 Å². The molecule has 0 radical (unpaired) electrons. The predicted molar refractivity (Wildman–Crippen MR) is 117 cm³/mol. The van der Waals surface area contributed by atoms with Crippen molar-refractivity contribution in [1.82, 2.24) is 10.6 Å². The molecule has 166 valence electrons. The number of ether oxygens (including phenoxy) is 1. The lowest BCUT2D eigenvalue weighted by molar-refractivity contribution is -0.139. The van der Waals surface area contributed by atoms with Crippen molar-refractivity contribution >= 4 is 18.0 Å². The number of carbonyl (C=O) groups excluding carboxylic acids is 2. The van der Waals surface area contributed by atoms with Gasteiger partial charge in [-0.2, -0.15) is 0 Å². The molecule has 2 atom stereocenters. The summed E-state index contributed by atoms with van der Waals surface area (Å²) >= 11 is 0. The van der Waals surface area contributed by atoms with E-state index in [1.54, 1.807) is 0 Å². The molecule has 32 heavy (non-hydrogen) atoms. The van der Waals surface area contributed by atoms with Crippen LogP contribution in [0.2, 0.25) is 0 Å². The van der Waals surface area contributed by atoms with Crippen molar-refractivity contribution in [3.63, 3.8) is 0 Å². The van der Waals surface area contributed by atoms with Crippen molar-refractivity contribution < 1.29 is 24.2 Å². The predicted octanol–water partition coefficient (Wildman–Crippen LogP) is 3.14. The zero-order chi connectivity index (χ0) is 22.3. The lowest BCUT2D eigenvalue weighted by Gasteiger charge is -2.18. The van der Waals surface area contributed by atoms with Gasteiger partial charge in [0.15, 0.2) is 0 Å². The van der Waals surface area contributed by atoms with E-state index in [2.05, 4.69) is 34.9 Å². The summed E-state index contributed by atoms with van der Waals surface area (Å²) < 4.78 is 5.54. The SMILES string of the molecule is O=C(NCC1(C(=O)NCC2CC2C(=O)O)CC1)OCC1c2ccccc2-c2ccccc21. The molecule has 3 aliphatic carbocycles. The summed E-state index contributed by atoms with van der Waals surface area (Å²) in [4.78, 5) is 35.8. The second-order valence-corrected chi connectivity index (χ2v) is 9.11. The summed E-state index contributed by atoms with van der Waals surface area (Å²) in [6.07, 6.45) is 1.49. The van der Waals surface area contributed by atoms with Gasteiger partial charge >= 0.3 is 12.1 Å². The minimum atomic E-state index is -0.803.